The van der Waals surface area contributed by atoms with Crippen LogP contribution in [0.4, 0.5) is 0 Å². The van der Waals surface area contributed by atoms with Gasteiger partial charge in [-0.15, -0.1) is 4.91 Å². The molecule has 0 bridgehead atoms. The maximum atomic E-state index is 11.2. The molecule has 1 amide bonds. The van der Waals surface area contributed by atoms with Gasteiger partial charge in [0.25, 0.3) is 5.91 Å². The first-order chi connectivity index (χ1) is 13.7. The maximum Gasteiger partial charge on any atom is 0.317 e. The van der Waals surface area contributed by atoms with E-state index in [0.29, 0.717) is 13.1 Å². The van der Waals surface area contributed by atoms with E-state index in [0.717, 1.165) is 19.3 Å². The van der Waals surface area contributed by atoms with Crippen LogP contribution in [0.15, 0.2) is 5.18 Å². The van der Waals surface area contributed by atoms with Gasteiger partial charge in [-0.3, -0.25) is 33.9 Å². The Kier molecular flexibility index (Phi) is 14.2. The molecule has 0 fully saturated rings. The van der Waals surface area contributed by atoms with E-state index in [-0.39, 0.29) is 32.7 Å². The number of unbranched alkanes of at least 4 members (excludes halogenated alkanes) is 2. The first-order valence-corrected chi connectivity index (χ1v) is 9.36. The lowest BCUT2D eigenvalue weighted by molar-refractivity contribution is -0.140. The second kappa shape index (κ2) is 15.5. The summed E-state index contributed by atoms with van der Waals surface area (Å²) in [6.07, 6.45) is 2.77. The number of carbonyl (C=O) groups excluding carboxylic acids is 1. The van der Waals surface area contributed by atoms with Crippen molar-refractivity contribution >= 4 is 23.8 Å². The fourth-order valence-corrected chi connectivity index (χ4v) is 2.70. The third-order valence-corrected chi connectivity index (χ3v) is 4.08. The van der Waals surface area contributed by atoms with Crippen molar-refractivity contribution in [2.75, 3.05) is 58.9 Å². The van der Waals surface area contributed by atoms with Gasteiger partial charge in [-0.05, 0) is 13.0 Å². The number of hydrogen-bond acceptors (Lipinski definition) is 8. The van der Waals surface area contributed by atoms with Gasteiger partial charge in [0.2, 0.25) is 0 Å². The van der Waals surface area contributed by atoms with E-state index < -0.39 is 36.9 Å². The standard InChI is InChI=1S/C17H30N4O8/c1-2-3-4-5-19(11-15(23)24)6-7-20(12-16(25)26)8-9-21(13-17(27)28)10-14(22)18-29/h2-13H2,1H3,(H,23,24)(H,25,26)(H,27,28). The molecule has 0 aromatic carbocycles. The van der Waals surface area contributed by atoms with Crippen molar-refractivity contribution < 1.29 is 34.5 Å². The summed E-state index contributed by atoms with van der Waals surface area (Å²) in [6.45, 7) is 1.91. The number of amides is 1. The number of hydrogen-bond donors (Lipinski definition) is 3. The highest BCUT2D eigenvalue weighted by molar-refractivity contribution is 5.79. The lowest BCUT2D eigenvalue weighted by atomic mass is 10.2. The topological polar surface area (TPSA) is 168 Å². The van der Waals surface area contributed by atoms with Crippen molar-refractivity contribution in [1.82, 2.24) is 14.7 Å². The molecule has 0 aromatic rings. The Morgan fingerprint density at radius 3 is 1.48 bits per heavy atom. The van der Waals surface area contributed by atoms with Gasteiger partial charge in [-0.25, -0.2) is 0 Å². The largest absolute Gasteiger partial charge is 0.480 e. The highest BCUT2D eigenvalue weighted by atomic mass is 16.4. The van der Waals surface area contributed by atoms with Crippen molar-refractivity contribution in [2.45, 2.75) is 26.2 Å². The van der Waals surface area contributed by atoms with E-state index in [1.165, 1.54) is 9.80 Å². The van der Waals surface area contributed by atoms with E-state index in [1.54, 1.807) is 4.90 Å². The third kappa shape index (κ3) is 15.2. The number of nitroso groups, excluding NO2 is 1. The monoisotopic (exact) mass is 418 g/mol. The third-order valence-electron chi connectivity index (χ3n) is 4.08. The first kappa shape index (κ1) is 26.6. The van der Waals surface area contributed by atoms with Crippen LogP contribution in [0, 0.1) is 4.91 Å². The van der Waals surface area contributed by atoms with Crippen LogP contribution in [0.3, 0.4) is 0 Å². The molecule has 0 rings (SSSR count). The molecular weight excluding hydrogens is 388 g/mol. The number of carboxylic acids is 3. The molecule has 29 heavy (non-hydrogen) atoms. The van der Waals surface area contributed by atoms with Crippen LogP contribution in [-0.2, 0) is 19.2 Å². The quantitative estimate of drug-likeness (QED) is 0.196. The average molecular weight is 418 g/mol. The van der Waals surface area contributed by atoms with Crippen molar-refractivity contribution in [3.63, 3.8) is 0 Å². The van der Waals surface area contributed by atoms with E-state index in [4.69, 9.17) is 15.3 Å². The normalized spacial score (nSPS) is 11.2. The summed E-state index contributed by atoms with van der Waals surface area (Å²) in [6, 6.07) is 0. The van der Waals surface area contributed by atoms with Crippen LogP contribution < -0.4 is 0 Å². The van der Waals surface area contributed by atoms with Crippen molar-refractivity contribution in [1.29, 1.82) is 0 Å². The van der Waals surface area contributed by atoms with Gasteiger partial charge in [0, 0.05) is 31.4 Å². The zero-order valence-electron chi connectivity index (χ0n) is 16.7. The van der Waals surface area contributed by atoms with Crippen LogP contribution in [0.25, 0.3) is 0 Å². The van der Waals surface area contributed by atoms with Crippen LogP contribution in [0.5, 0.6) is 0 Å². The Bertz CT molecular complexity index is 558. The van der Waals surface area contributed by atoms with Crippen LogP contribution in [0.1, 0.15) is 26.2 Å². The molecule has 0 heterocycles. The fraction of sp³-hybridized carbons (Fsp3) is 0.765. The van der Waals surface area contributed by atoms with Gasteiger partial charge >= 0.3 is 17.9 Å². The molecule has 0 aromatic heterocycles. The van der Waals surface area contributed by atoms with E-state index >= 15 is 0 Å². The lowest BCUT2D eigenvalue weighted by Gasteiger charge is -2.27. The molecule has 0 aliphatic heterocycles. The Labute approximate surface area is 169 Å². The molecule has 166 valence electrons. The number of carbonyl (C=O) groups is 4. The van der Waals surface area contributed by atoms with E-state index in [2.05, 4.69) is 5.18 Å². The molecule has 0 radical (unpaired) electrons. The summed E-state index contributed by atoms with van der Waals surface area (Å²) in [4.78, 5) is 59.0. The Hall–Kier alpha value is -2.44. The molecule has 0 spiro atoms. The lowest BCUT2D eigenvalue weighted by Crippen LogP contribution is -2.44. The molecule has 12 heteroatoms. The summed E-state index contributed by atoms with van der Waals surface area (Å²) in [5.41, 5.74) is 0. The minimum absolute atomic E-state index is 0.0373. The summed E-state index contributed by atoms with van der Waals surface area (Å²) < 4.78 is 0. The van der Waals surface area contributed by atoms with Gasteiger partial charge in [0.05, 0.1) is 26.2 Å². The Balaban J connectivity index is 4.86. The Morgan fingerprint density at radius 2 is 1.07 bits per heavy atom. The van der Waals surface area contributed by atoms with Crippen molar-refractivity contribution in [3.05, 3.63) is 4.91 Å². The van der Waals surface area contributed by atoms with Crippen molar-refractivity contribution in [3.8, 4) is 0 Å². The predicted molar refractivity (Wildman–Crippen MR) is 103 cm³/mol. The summed E-state index contributed by atoms with van der Waals surface area (Å²) in [5.74, 6) is -4.27. The molecule has 3 N–H and O–H groups in total. The average Bonchev–Trinajstić information content (AvgIpc) is 2.62. The minimum Gasteiger partial charge on any atom is -0.480 e. The van der Waals surface area contributed by atoms with Crippen LogP contribution in [0.2, 0.25) is 0 Å². The van der Waals surface area contributed by atoms with Gasteiger partial charge in [-0.2, -0.15) is 0 Å². The fourth-order valence-electron chi connectivity index (χ4n) is 2.70. The summed E-state index contributed by atoms with van der Waals surface area (Å²) >= 11 is 0. The van der Waals surface area contributed by atoms with Gasteiger partial charge < -0.3 is 15.3 Å². The molecule has 12 nitrogen and oxygen atoms in total. The smallest absolute Gasteiger partial charge is 0.317 e. The van der Waals surface area contributed by atoms with E-state index in [9.17, 15) is 24.1 Å². The van der Waals surface area contributed by atoms with Gasteiger partial charge in [0.1, 0.15) is 0 Å². The number of rotatable bonds is 18. The number of aliphatic carboxylic acids is 3. The molecule has 0 aliphatic rings. The van der Waals surface area contributed by atoms with Gasteiger partial charge in [0.15, 0.2) is 0 Å². The molecular formula is C17H30N4O8. The highest BCUT2D eigenvalue weighted by Gasteiger charge is 2.18. The SMILES string of the molecule is CCCCCN(CCN(CCN(CC(=O)O)CC(=O)N=O)CC(=O)O)CC(=O)O. The molecule has 0 saturated carbocycles. The van der Waals surface area contributed by atoms with Crippen LogP contribution in [-0.4, -0.2) is 113 Å². The predicted octanol–water partition coefficient (Wildman–Crippen LogP) is -0.371. The zero-order chi connectivity index (χ0) is 22.2. The van der Waals surface area contributed by atoms with Crippen molar-refractivity contribution in [2.24, 2.45) is 5.18 Å². The summed E-state index contributed by atoms with van der Waals surface area (Å²) in [5, 5.41) is 29.3. The van der Waals surface area contributed by atoms with E-state index in [1.807, 2.05) is 6.92 Å². The summed E-state index contributed by atoms with van der Waals surface area (Å²) in [7, 11) is 0. The minimum atomic E-state index is -1.20. The molecule has 0 unspecified atom stereocenters. The van der Waals surface area contributed by atoms with Gasteiger partial charge in [-0.1, -0.05) is 19.8 Å². The maximum absolute atomic E-state index is 11.2. The second-order valence-corrected chi connectivity index (χ2v) is 6.64. The zero-order valence-corrected chi connectivity index (χ0v) is 16.7. The number of nitrogens with zero attached hydrogens (tertiary/aromatic N) is 4. The number of carboxylic acid groups (broad SMARTS) is 3. The van der Waals surface area contributed by atoms with Crippen LogP contribution >= 0.6 is 0 Å². The second-order valence-electron chi connectivity index (χ2n) is 6.64. The highest BCUT2D eigenvalue weighted by Crippen LogP contribution is 2.01. The molecule has 0 saturated heterocycles. The molecule has 0 atom stereocenters. The molecule has 0 aliphatic carbocycles. The first-order valence-electron chi connectivity index (χ1n) is 9.36. The Morgan fingerprint density at radius 1 is 0.655 bits per heavy atom.